The maximum Gasteiger partial charge on any atom is 0.244 e. The van der Waals surface area contributed by atoms with E-state index in [1.807, 2.05) is 6.92 Å². The lowest BCUT2D eigenvalue weighted by molar-refractivity contribution is -0.123. The Kier molecular flexibility index (Phi) is 5.30. The topological polar surface area (TPSA) is 66.5 Å². The van der Waals surface area contributed by atoms with Gasteiger partial charge >= 0.3 is 0 Å². The van der Waals surface area contributed by atoms with Crippen LogP contribution >= 0.6 is 11.6 Å². The Morgan fingerprint density at radius 3 is 2.44 bits per heavy atom. The van der Waals surface area contributed by atoms with Crippen molar-refractivity contribution in [2.45, 2.75) is 51.1 Å². The van der Waals surface area contributed by atoms with E-state index in [9.17, 15) is 13.2 Å². The van der Waals surface area contributed by atoms with Gasteiger partial charge < -0.3 is 5.32 Å². The Morgan fingerprint density at radius 2 is 1.96 bits per heavy atom. The Hall–Kier alpha value is -1.27. The van der Waals surface area contributed by atoms with Crippen molar-refractivity contribution in [1.29, 1.82) is 0 Å². The summed E-state index contributed by atoms with van der Waals surface area (Å²) in [6, 6.07) is 5.97. The van der Waals surface area contributed by atoms with E-state index >= 15 is 0 Å². The lowest BCUT2D eigenvalue weighted by atomic mass is 9.95. The number of carbonyl (C=O) groups excluding carboxylic acids is 1. The second-order valence-corrected chi connectivity index (χ2v) is 9.55. The molecule has 1 aromatic carbocycles. The molecule has 5 nitrogen and oxygen atoms in total. The van der Waals surface area contributed by atoms with Crippen LogP contribution in [0.15, 0.2) is 24.3 Å². The molecule has 7 heteroatoms. The van der Waals surface area contributed by atoms with Crippen LogP contribution in [0.25, 0.3) is 0 Å². The summed E-state index contributed by atoms with van der Waals surface area (Å²) in [6.07, 6.45) is 6.17. The molecule has 25 heavy (non-hydrogen) atoms. The molecule has 0 spiro atoms. The minimum absolute atomic E-state index is 0.187. The molecule has 2 fully saturated rings. The fraction of sp³-hybridized carbons (Fsp3) is 0.611. The van der Waals surface area contributed by atoms with Gasteiger partial charge in [-0.3, -0.25) is 9.10 Å². The summed E-state index contributed by atoms with van der Waals surface area (Å²) < 4.78 is 26.0. The van der Waals surface area contributed by atoms with E-state index in [2.05, 4.69) is 5.32 Å². The third kappa shape index (κ3) is 3.95. The molecule has 2 saturated carbocycles. The number of hydrogen-bond acceptors (Lipinski definition) is 3. The Labute approximate surface area is 154 Å². The molecule has 1 N–H and O–H groups in total. The molecule has 0 radical (unpaired) electrons. The molecule has 138 valence electrons. The minimum Gasteiger partial charge on any atom is -0.351 e. The molecule has 3 rings (SSSR count). The van der Waals surface area contributed by atoms with Crippen LogP contribution in [-0.4, -0.2) is 32.7 Å². The molecular weight excluding hydrogens is 360 g/mol. The highest BCUT2D eigenvalue weighted by Gasteiger charge is 2.41. The molecule has 2 aliphatic carbocycles. The van der Waals surface area contributed by atoms with Crippen LogP contribution in [0.2, 0.25) is 5.02 Å². The molecule has 2 aliphatic rings. The summed E-state index contributed by atoms with van der Waals surface area (Å²) in [6.45, 7) is 1.83. The van der Waals surface area contributed by atoms with E-state index in [-0.39, 0.29) is 11.9 Å². The number of halogens is 1. The van der Waals surface area contributed by atoms with Crippen molar-refractivity contribution in [3.63, 3.8) is 0 Å². The van der Waals surface area contributed by atoms with Gasteiger partial charge in [-0.25, -0.2) is 8.42 Å². The van der Waals surface area contributed by atoms with Gasteiger partial charge in [0.15, 0.2) is 0 Å². The maximum atomic E-state index is 12.9. The SMILES string of the molecule is CC[C@H](C(=O)N[C@H]1C[C@H]2CC[C@H]1C2)N(c1ccc(Cl)cc1)S(C)(=O)=O. The van der Waals surface area contributed by atoms with Crippen molar-refractivity contribution in [1.82, 2.24) is 5.32 Å². The molecule has 0 unspecified atom stereocenters. The van der Waals surface area contributed by atoms with Crippen LogP contribution in [0.5, 0.6) is 0 Å². The van der Waals surface area contributed by atoms with Crippen molar-refractivity contribution in [3.05, 3.63) is 29.3 Å². The van der Waals surface area contributed by atoms with Gasteiger partial charge in [0.2, 0.25) is 15.9 Å². The zero-order valence-electron chi connectivity index (χ0n) is 14.6. The number of hydrogen-bond donors (Lipinski definition) is 1. The van der Waals surface area contributed by atoms with Gasteiger partial charge in [-0.05, 0) is 61.8 Å². The van der Waals surface area contributed by atoms with Crippen LogP contribution in [0.1, 0.15) is 39.0 Å². The molecule has 0 heterocycles. The van der Waals surface area contributed by atoms with Crippen LogP contribution in [0.4, 0.5) is 5.69 Å². The van der Waals surface area contributed by atoms with Gasteiger partial charge in [0, 0.05) is 11.1 Å². The van der Waals surface area contributed by atoms with E-state index in [4.69, 9.17) is 11.6 Å². The lowest BCUT2D eigenvalue weighted by Crippen LogP contribution is -2.52. The smallest absolute Gasteiger partial charge is 0.244 e. The van der Waals surface area contributed by atoms with E-state index in [0.717, 1.165) is 18.6 Å². The van der Waals surface area contributed by atoms with Gasteiger partial charge in [0.25, 0.3) is 0 Å². The van der Waals surface area contributed by atoms with Crippen molar-refractivity contribution in [2.24, 2.45) is 11.8 Å². The van der Waals surface area contributed by atoms with Gasteiger partial charge in [0.1, 0.15) is 6.04 Å². The molecule has 1 amide bonds. The number of amides is 1. The predicted molar refractivity (Wildman–Crippen MR) is 100 cm³/mol. The standard InChI is InChI=1S/C18H25ClN2O3S/c1-3-17(18(22)20-16-11-12-4-5-13(16)10-12)21(25(2,23)24)15-8-6-14(19)7-9-15/h6-9,12-13,16-17H,3-5,10-11H2,1-2H3,(H,20,22)/t12-,13-,16-,17+/m0/s1. The first-order chi connectivity index (χ1) is 11.8. The van der Waals surface area contributed by atoms with Gasteiger partial charge in [-0.15, -0.1) is 0 Å². The van der Waals surface area contributed by atoms with Gasteiger partial charge in [0.05, 0.1) is 11.9 Å². The number of carbonyl (C=O) groups is 1. The third-order valence-corrected chi connectivity index (χ3v) is 6.91. The number of fused-ring (bicyclic) bond motifs is 2. The molecule has 0 aliphatic heterocycles. The largest absolute Gasteiger partial charge is 0.351 e. The fourth-order valence-corrected chi connectivity index (χ4v) is 5.69. The number of rotatable bonds is 6. The van der Waals surface area contributed by atoms with E-state index in [0.29, 0.717) is 23.0 Å². The minimum atomic E-state index is -3.60. The Balaban J connectivity index is 1.82. The van der Waals surface area contributed by atoms with Crippen LogP contribution in [0.3, 0.4) is 0 Å². The Morgan fingerprint density at radius 1 is 1.28 bits per heavy atom. The Bertz CT molecular complexity index is 735. The average Bonchev–Trinajstić information content (AvgIpc) is 3.15. The normalized spacial score (nSPS) is 26.4. The van der Waals surface area contributed by atoms with Gasteiger partial charge in [-0.2, -0.15) is 0 Å². The second-order valence-electron chi connectivity index (χ2n) is 7.25. The number of nitrogens with zero attached hydrogens (tertiary/aromatic N) is 1. The monoisotopic (exact) mass is 384 g/mol. The summed E-state index contributed by atoms with van der Waals surface area (Å²) in [7, 11) is -3.60. The quantitative estimate of drug-likeness (QED) is 0.819. The summed E-state index contributed by atoms with van der Waals surface area (Å²) in [5.74, 6) is 1.06. The number of nitrogens with one attached hydrogen (secondary N) is 1. The number of anilines is 1. The average molecular weight is 385 g/mol. The molecule has 1 aromatic rings. The number of benzene rings is 1. The summed E-state index contributed by atoms with van der Waals surface area (Å²) in [5, 5.41) is 3.65. The van der Waals surface area contributed by atoms with Crippen LogP contribution in [0, 0.1) is 11.8 Å². The second kappa shape index (κ2) is 7.16. The fourth-order valence-electron chi connectivity index (χ4n) is 4.35. The molecule has 0 aromatic heterocycles. The summed E-state index contributed by atoms with van der Waals surface area (Å²) in [5.41, 5.74) is 0.460. The molecule has 2 bridgehead atoms. The zero-order chi connectivity index (χ0) is 18.2. The van der Waals surface area contributed by atoms with E-state index < -0.39 is 16.1 Å². The lowest BCUT2D eigenvalue weighted by Gasteiger charge is -2.32. The van der Waals surface area contributed by atoms with Crippen LogP contribution in [-0.2, 0) is 14.8 Å². The first-order valence-corrected chi connectivity index (χ1v) is 11.1. The van der Waals surface area contributed by atoms with E-state index in [1.165, 1.54) is 23.6 Å². The summed E-state index contributed by atoms with van der Waals surface area (Å²) in [4.78, 5) is 12.9. The highest BCUT2D eigenvalue weighted by molar-refractivity contribution is 7.92. The van der Waals surface area contributed by atoms with Crippen molar-refractivity contribution >= 4 is 33.2 Å². The van der Waals surface area contributed by atoms with E-state index in [1.54, 1.807) is 24.3 Å². The predicted octanol–water partition coefficient (Wildman–Crippen LogP) is 3.19. The van der Waals surface area contributed by atoms with Crippen molar-refractivity contribution < 1.29 is 13.2 Å². The number of sulfonamides is 1. The summed E-state index contributed by atoms with van der Waals surface area (Å²) >= 11 is 5.91. The molecular formula is C18H25ClN2O3S. The van der Waals surface area contributed by atoms with Crippen molar-refractivity contribution in [2.75, 3.05) is 10.6 Å². The zero-order valence-corrected chi connectivity index (χ0v) is 16.2. The van der Waals surface area contributed by atoms with Crippen molar-refractivity contribution in [3.8, 4) is 0 Å². The van der Waals surface area contributed by atoms with Gasteiger partial charge in [-0.1, -0.05) is 24.9 Å². The highest BCUT2D eigenvalue weighted by Crippen LogP contribution is 2.44. The first-order valence-electron chi connectivity index (χ1n) is 8.85. The molecule has 0 saturated heterocycles. The van der Waals surface area contributed by atoms with Crippen LogP contribution < -0.4 is 9.62 Å². The first kappa shape index (κ1) is 18.5. The maximum absolute atomic E-state index is 12.9. The highest BCUT2D eigenvalue weighted by atomic mass is 35.5. The third-order valence-electron chi connectivity index (χ3n) is 5.48. The molecule has 4 atom stereocenters.